The minimum atomic E-state index is -3.98. The molecule has 2 atom stereocenters. The lowest BCUT2D eigenvalue weighted by molar-refractivity contribution is -0.145. The van der Waals surface area contributed by atoms with E-state index in [0.29, 0.717) is 17.7 Å². The number of carboxylic acids is 1. The van der Waals surface area contributed by atoms with Crippen LogP contribution in [0.1, 0.15) is 29.3 Å². The number of amides is 1. The first-order valence-corrected chi connectivity index (χ1v) is 10.4. The SMILES string of the molecule is CCC1C(=O)N(S(=O)(=O)c2ccccc2C)C1CNc1ccccc1C(=O)O. The van der Waals surface area contributed by atoms with Gasteiger partial charge in [-0.3, -0.25) is 4.79 Å². The van der Waals surface area contributed by atoms with Crippen LogP contribution in [0.2, 0.25) is 0 Å². The summed E-state index contributed by atoms with van der Waals surface area (Å²) in [5.74, 6) is -1.93. The summed E-state index contributed by atoms with van der Waals surface area (Å²) in [4.78, 5) is 24.0. The normalized spacial score (nSPS) is 19.2. The molecule has 1 aliphatic heterocycles. The number of β-lactam (4-membered cyclic amide) rings is 1. The molecule has 2 unspecified atom stereocenters. The first kappa shape index (κ1) is 19.9. The van der Waals surface area contributed by atoms with Gasteiger partial charge in [-0.2, -0.15) is 0 Å². The summed E-state index contributed by atoms with van der Waals surface area (Å²) in [5.41, 5.74) is 1.05. The van der Waals surface area contributed by atoms with Crippen molar-refractivity contribution < 1.29 is 23.1 Å². The Kier molecular flexibility index (Phi) is 5.42. The predicted octanol–water partition coefficient (Wildman–Crippen LogP) is 2.73. The van der Waals surface area contributed by atoms with Crippen LogP contribution in [0, 0.1) is 12.8 Å². The number of nitrogens with zero attached hydrogens (tertiary/aromatic N) is 1. The average Bonchev–Trinajstić information content (AvgIpc) is 2.65. The third-order valence-electron chi connectivity index (χ3n) is 5.03. The zero-order chi connectivity index (χ0) is 20.5. The van der Waals surface area contributed by atoms with E-state index in [4.69, 9.17) is 0 Å². The molecule has 1 amide bonds. The number of aryl methyl sites for hydroxylation is 1. The lowest BCUT2D eigenvalue weighted by Crippen LogP contribution is -2.65. The molecule has 2 N–H and O–H groups in total. The van der Waals surface area contributed by atoms with Gasteiger partial charge in [0.15, 0.2) is 0 Å². The summed E-state index contributed by atoms with van der Waals surface area (Å²) in [6, 6.07) is 12.3. The molecule has 0 bridgehead atoms. The average molecular weight is 402 g/mol. The van der Waals surface area contributed by atoms with E-state index in [9.17, 15) is 23.1 Å². The van der Waals surface area contributed by atoms with E-state index in [1.807, 2.05) is 6.92 Å². The Morgan fingerprint density at radius 2 is 1.79 bits per heavy atom. The minimum Gasteiger partial charge on any atom is -0.478 e. The van der Waals surface area contributed by atoms with Crippen LogP contribution in [0.4, 0.5) is 5.69 Å². The Morgan fingerprint density at radius 3 is 2.43 bits per heavy atom. The summed E-state index contributed by atoms with van der Waals surface area (Å²) in [6.07, 6.45) is 0.506. The van der Waals surface area contributed by atoms with Crippen LogP contribution in [0.15, 0.2) is 53.4 Å². The number of hydrogen-bond acceptors (Lipinski definition) is 5. The number of sulfonamides is 1. The molecule has 7 nitrogen and oxygen atoms in total. The summed E-state index contributed by atoms with van der Waals surface area (Å²) in [6.45, 7) is 3.66. The number of anilines is 1. The van der Waals surface area contributed by atoms with Crippen LogP contribution in [0.25, 0.3) is 0 Å². The zero-order valence-corrected chi connectivity index (χ0v) is 16.4. The standard InChI is InChI=1S/C20H22N2O5S/c1-3-14-17(12-21-16-10-6-5-9-15(16)20(24)25)22(19(14)23)28(26,27)18-11-7-4-8-13(18)2/h4-11,14,17,21H,3,12H2,1-2H3,(H,24,25). The topological polar surface area (TPSA) is 104 Å². The Balaban J connectivity index is 1.88. The van der Waals surface area contributed by atoms with Crippen molar-refractivity contribution in [3.63, 3.8) is 0 Å². The quantitative estimate of drug-likeness (QED) is 0.690. The third-order valence-corrected chi connectivity index (χ3v) is 7.01. The fourth-order valence-corrected chi connectivity index (χ4v) is 5.42. The summed E-state index contributed by atoms with van der Waals surface area (Å²) < 4.78 is 27.1. The van der Waals surface area contributed by atoms with Crippen molar-refractivity contribution in [1.29, 1.82) is 0 Å². The van der Waals surface area contributed by atoms with E-state index >= 15 is 0 Å². The van der Waals surface area contributed by atoms with E-state index in [0.717, 1.165) is 4.31 Å². The van der Waals surface area contributed by atoms with Crippen molar-refractivity contribution in [2.75, 3.05) is 11.9 Å². The molecule has 0 radical (unpaired) electrons. The molecular formula is C20H22N2O5S. The molecule has 3 rings (SSSR count). The Bertz CT molecular complexity index is 1020. The van der Waals surface area contributed by atoms with Crippen LogP contribution in [0.5, 0.6) is 0 Å². The number of benzene rings is 2. The summed E-state index contributed by atoms with van der Waals surface area (Å²) in [5, 5.41) is 12.3. The molecule has 0 aromatic heterocycles. The van der Waals surface area contributed by atoms with Crippen LogP contribution in [0.3, 0.4) is 0 Å². The van der Waals surface area contributed by atoms with Gasteiger partial charge in [-0.15, -0.1) is 0 Å². The van der Waals surface area contributed by atoms with Gasteiger partial charge in [0.05, 0.1) is 22.4 Å². The van der Waals surface area contributed by atoms with Gasteiger partial charge < -0.3 is 10.4 Å². The van der Waals surface area contributed by atoms with Crippen LogP contribution >= 0.6 is 0 Å². The van der Waals surface area contributed by atoms with Crippen molar-refractivity contribution in [3.05, 3.63) is 59.7 Å². The van der Waals surface area contributed by atoms with Crippen LogP contribution < -0.4 is 5.32 Å². The number of hydrogen-bond donors (Lipinski definition) is 2. The predicted molar refractivity (Wildman–Crippen MR) is 105 cm³/mol. The Hall–Kier alpha value is -2.87. The highest BCUT2D eigenvalue weighted by Crippen LogP contribution is 2.36. The van der Waals surface area contributed by atoms with Gasteiger partial charge >= 0.3 is 5.97 Å². The number of nitrogens with one attached hydrogen (secondary N) is 1. The maximum absolute atomic E-state index is 13.1. The molecular weight excluding hydrogens is 380 g/mol. The molecule has 1 saturated heterocycles. The highest BCUT2D eigenvalue weighted by atomic mass is 32.2. The van der Waals surface area contributed by atoms with Crippen molar-refractivity contribution in [1.82, 2.24) is 4.31 Å². The Morgan fingerprint density at radius 1 is 1.14 bits per heavy atom. The number of rotatable bonds is 7. The molecule has 1 aliphatic rings. The lowest BCUT2D eigenvalue weighted by atomic mass is 9.88. The van der Waals surface area contributed by atoms with E-state index in [1.54, 1.807) is 43.3 Å². The molecule has 8 heteroatoms. The molecule has 28 heavy (non-hydrogen) atoms. The van der Waals surface area contributed by atoms with Gasteiger partial charge in [0.25, 0.3) is 10.0 Å². The molecule has 0 saturated carbocycles. The van der Waals surface area contributed by atoms with Gasteiger partial charge in [-0.25, -0.2) is 17.5 Å². The minimum absolute atomic E-state index is 0.0921. The van der Waals surface area contributed by atoms with Crippen LogP contribution in [-0.4, -0.2) is 42.3 Å². The first-order chi connectivity index (χ1) is 13.3. The molecule has 1 fully saturated rings. The molecule has 148 valence electrons. The second kappa shape index (κ2) is 7.63. The maximum Gasteiger partial charge on any atom is 0.337 e. The molecule has 0 aliphatic carbocycles. The number of carbonyl (C=O) groups is 2. The monoisotopic (exact) mass is 402 g/mol. The smallest absolute Gasteiger partial charge is 0.337 e. The van der Waals surface area contributed by atoms with Crippen molar-refractivity contribution in [2.24, 2.45) is 5.92 Å². The van der Waals surface area contributed by atoms with Gasteiger partial charge in [-0.05, 0) is 37.1 Å². The van der Waals surface area contributed by atoms with Crippen molar-refractivity contribution in [3.8, 4) is 0 Å². The lowest BCUT2D eigenvalue weighted by Gasteiger charge is -2.46. The number of aromatic carboxylic acids is 1. The van der Waals surface area contributed by atoms with Crippen molar-refractivity contribution in [2.45, 2.75) is 31.2 Å². The van der Waals surface area contributed by atoms with Gasteiger partial charge in [0, 0.05) is 12.2 Å². The zero-order valence-electron chi connectivity index (χ0n) is 15.6. The van der Waals surface area contributed by atoms with Gasteiger partial charge in [0.1, 0.15) is 0 Å². The Labute approximate surface area is 164 Å². The van der Waals surface area contributed by atoms with Gasteiger partial charge in [0.2, 0.25) is 5.91 Å². The van der Waals surface area contributed by atoms with Crippen molar-refractivity contribution >= 4 is 27.6 Å². The van der Waals surface area contributed by atoms with Crippen LogP contribution in [-0.2, 0) is 14.8 Å². The van der Waals surface area contributed by atoms with E-state index in [2.05, 4.69) is 5.32 Å². The number of carbonyl (C=O) groups excluding carboxylic acids is 1. The molecule has 2 aromatic carbocycles. The first-order valence-electron chi connectivity index (χ1n) is 8.99. The van der Waals surface area contributed by atoms with E-state index in [-0.39, 0.29) is 17.0 Å². The summed E-state index contributed by atoms with van der Waals surface area (Å²) in [7, 11) is -3.98. The molecule has 1 heterocycles. The number of para-hydroxylation sites is 1. The highest BCUT2D eigenvalue weighted by Gasteiger charge is 2.52. The highest BCUT2D eigenvalue weighted by molar-refractivity contribution is 7.89. The number of carboxylic acid groups (broad SMARTS) is 1. The third kappa shape index (κ3) is 3.35. The van der Waals surface area contributed by atoms with Gasteiger partial charge in [-0.1, -0.05) is 37.3 Å². The molecule has 2 aromatic rings. The second-order valence-electron chi connectivity index (χ2n) is 6.72. The van der Waals surface area contributed by atoms with E-state index < -0.39 is 33.9 Å². The summed E-state index contributed by atoms with van der Waals surface area (Å²) >= 11 is 0. The van der Waals surface area contributed by atoms with E-state index in [1.165, 1.54) is 12.1 Å². The fraction of sp³-hybridized carbons (Fsp3) is 0.300. The largest absolute Gasteiger partial charge is 0.478 e. The second-order valence-corrected chi connectivity index (χ2v) is 8.50. The fourth-order valence-electron chi connectivity index (χ4n) is 3.53. The molecule has 0 spiro atoms. The maximum atomic E-state index is 13.1.